The van der Waals surface area contributed by atoms with Crippen LogP contribution in [-0.4, -0.2) is 68.2 Å². The summed E-state index contributed by atoms with van der Waals surface area (Å²) in [6, 6.07) is 7.04. The number of methoxy groups -OCH3 is 2. The summed E-state index contributed by atoms with van der Waals surface area (Å²) >= 11 is 1.44. The van der Waals surface area contributed by atoms with E-state index in [0.717, 1.165) is 23.0 Å². The van der Waals surface area contributed by atoms with Crippen LogP contribution in [0, 0.1) is 0 Å². The Balaban J connectivity index is 1.96. The van der Waals surface area contributed by atoms with Gasteiger partial charge >= 0.3 is 5.97 Å². The summed E-state index contributed by atoms with van der Waals surface area (Å²) in [7, 11) is 6.87. The summed E-state index contributed by atoms with van der Waals surface area (Å²) in [6.07, 6.45) is 0.179. The molecule has 1 atom stereocenters. The van der Waals surface area contributed by atoms with Gasteiger partial charge in [0, 0.05) is 24.4 Å². The number of thioether (sulfide) groups is 1. The monoisotopic (exact) mass is 444 g/mol. The number of hydrogen-bond acceptors (Lipinski definition) is 8. The number of amides is 1. The summed E-state index contributed by atoms with van der Waals surface area (Å²) < 4.78 is 10.7. The first kappa shape index (κ1) is 22.9. The Labute approximate surface area is 187 Å². The number of ether oxygens (including phenoxy) is 2. The lowest BCUT2D eigenvalue weighted by Gasteiger charge is -2.36. The fourth-order valence-corrected chi connectivity index (χ4v) is 4.54. The molecule has 166 valence electrons. The zero-order valence-corrected chi connectivity index (χ0v) is 19.3. The van der Waals surface area contributed by atoms with Gasteiger partial charge in [-0.25, -0.2) is 9.79 Å². The van der Waals surface area contributed by atoms with E-state index in [9.17, 15) is 9.59 Å². The van der Waals surface area contributed by atoms with E-state index >= 15 is 0 Å². The highest BCUT2D eigenvalue weighted by molar-refractivity contribution is 8.16. The van der Waals surface area contributed by atoms with E-state index in [4.69, 9.17) is 9.47 Å². The molecule has 0 spiro atoms. The van der Waals surface area contributed by atoms with Crippen molar-refractivity contribution in [2.24, 2.45) is 4.99 Å². The Morgan fingerprint density at radius 3 is 2.68 bits per heavy atom. The maximum atomic E-state index is 12.8. The van der Waals surface area contributed by atoms with E-state index in [-0.39, 0.29) is 12.3 Å². The molecule has 0 radical (unpaired) electrons. The van der Waals surface area contributed by atoms with Crippen molar-refractivity contribution in [1.82, 2.24) is 15.1 Å². The average Bonchev–Trinajstić information content (AvgIpc) is 3.13. The minimum absolute atomic E-state index is 0.0837. The second-order valence-electron chi connectivity index (χ2n) is 7.46. The number of esters is 1. The molecule has 0 saturated carbocycles. The fourth-order valence-electron chi connectivity index (χ4n) is 3.57. The second kappa shape index (κ2) is 10.0. The molecule has 1 unspecified atom stereocenters. The SMILES string of the molecule is COC(=O)C1=C(C)N=C2SC=C(CC(=O)NCCN(C)C)N2C1c1ccccc1OC. The number of nitrogens with one attached hydrogen (secondary N) is 1. The molecule has 1 aromatic carbocycles. The van der Waals surface area contributed by atoms with Crippen molar-refractivity contribution in [3.05, 3.63) is 52.2 Å². The van der Waals surface area contributed by atoms with Crippen LogP contribution >= 0.6 is 11.8 Å². The third kappa shape index (κ3) is 4.94. The van der Waals surface area contributed by atoms with Crippen LogP contribution in [0.25, 0.3) is 0 Å². The van der Waals surface area contributed by atoms with Crippen molar-refractivity contribution in [3.63, 3.8) is 0 Å². The van der Waals surface area contributed by atoms with Gasteiger partial charge in [0.2, 0.25) is 5.91 Å². The molecule has 1 N–H and O–H groups in total. The molecule has 9 heteroatoms. The normalized spacial score (nSPS) is 17.9. The van der Waals surface area contributed by atoms with Gasteiger partial charge in [-0.05, 0) is 32.5 Å². The molecule has 0 bridgehead atoms. The fraction of sp³-hybridized carbons (Fsp3) is 0.409. The number of likely N-dealkylation sites (N-methyl/N-ethyl adjacent to an activating group) is 1. The molecule has 0 saturated heterocycles. The van der Waals surface area contributed by atoms with Gasteiger partial charge in [-0.2, -0.15) is 0 Å². The number of carbonyl (C=O) groups is 2. The van der Waals surface area contributed by atoms with Gasteiger partial charge in [0.15, 0.2) is 5.17 Å². The maximum absolute atomic E-state index is 12.8. The van der Waals surface area contributed by atoms with E-state index in [1.807, 2.05) is 53.6 Å². The predicted octanol–water partition coefficient (Wildman–Crippen LogP) is 2.51. The Hall–Kier alpha value is -2.78. The topological polar surface area (TPSA) is 83.5 Å². The molecule has 2 aliphatic rings. The highest BCUT2D eigenvalue weighted by Gasteiger charge is 2.42. The van der Waals surface area contributed by atoms with Gasteiger partial charge in [-0.3, -0.25) is 4.79 Å². The molecule has 2 aliphatic heterocycles. The van der Waals surface area contributed by atoms with Gasteiger partial charge in [-0.15, -0.1) is 0 Å². The van der Waals surface area contributed by atoms with E-state index in [1.54, 1.807) is 14.0 Å². The summed E-state index contributed by atoms with van der Waals surface area (Å²) in [4.78, 5) is 33.9. The van der Waals surface area contributed by atoms with E-state index < -0.39 is 12.0 Å². The van der Waals surface area contributed by atoms with Crippen LogP contribution in [0.4, 0.5) is 0 Å². The predicted molar refractivity (Wildman–Crippen MR) is 122 cm³/mol. The quantitative estimate of drug-likeness (QED) is 0.617. The number of para-hydroxylation sites is 1. The van der Waals surface area contributed by atoms with Crippen LogP contribution in [0.2, 0.25) is 0 Å². The zero-order chi connectivity index (χ0) is 22.5. The van der Waals surface area contributed by atoms with Crippen LogP contribution in [-0.2, 0) is 14.3 Å². The third-order valence-electron chi connectivity index (χ3n) is 5.06. The molecule has 3 rings (SSSR count). The third-order valence-corrected chi connectivity index (χ3v) is 5.95. The van der Waals surface area contributed by atoms with E-state index in [1.165, 1.54) is 18.9 Å². The van der Waals surface area contributed by atoms with Crippen LogP contribution in [0.3, 0.4) is 0 Å². The molecule has 1 amide bonds. The molecular formula is C22H28N4O4S. The molecule has 1 aromatic rings. The number of rotatable bonds is 8. The minimum atomic E-state index is -0.507. The minimum Gasteiger partial charge on any atom is -0.496 e. The van der Waals surface area contributed by atoms with Crippen molar-refractivity contribution in [1.29, 1.82) is 0 Å². The van der Waals surface area contributed by atoms with Gasteiger partial charge in [0.1, 0.15) is 5.75 Å². The molecular weight excluding hydrogens is 416 g/mol. The standard InChI is InChI=1S/C22H28N4O4S/c1-14-19(21(28)30-5)20(16-8-6-7-9-17(16)29-4)26-15(13-31-22(26)24-14)12-18(27)23-10-11-25(2)3/h6-9,13,20H,10-12H2,1-5H3,(H,23,27). The Bertz CT molecular complexity index is 955. The molecule has 2 heterocycles. The van der Waals surface area contributed by atoms with Gasteiger partial charge in [-0.1, -0.05) is 30.0 Å². The van der Waals surface area contributed by atoms with Crippen LogP contribution < -0.4 is 10.1 Å². The lowest BCUT2D eigenvalue weighted by molar-refractivity contribution is -0.136. The van der Waals surface area contributed by atoms with Gasteiger partial charge in [0.05, 0.1) is 38.0 Å². The van der Waals surface area contributed by atoms with Crippen molar-refractivity contribution < 1.29 is 19.1 Å². The van der Waals surface area contributed by atoms with E-state index in [0.29, 0.717) is 23.6 Å². The lowest BCUT2D eigenvalue weighted by Crippen LogP contribution is -2.38. The van der Waals surface area contributed by atoms with Gasteiger partial charge in [0.25, 0.3) is 0 Å². The number of hydrogen-bond donors (Lipinski definition) is 1. The van der Waals surface area contributed by atoms with Crippen molar-refractivity contribution in [2.75, 3.05) is 41.4 Å². The highest BCUT2D eigenvalue weighted by Crippen LogP contribution is 2.46. The first-order chi connectivity index (χ1) is 14.9. The van der Waals surface area contributed by atoms with Crippen molar-refractivity contribution in [3.8, 4) is 5.75 Å². The summed E-state index contributed by atoms with van der Waals surface area (Å²) in [6.45, 7) is 3.12. The second-order valence-corrected chi connectivity index (χ2v) is 8.29. The van der Waals surface area contributed by atoms with E-state index in [2.05, 4.69) is 10.3 Å². The maximum Gasteiger partial charge on any atom is 0.338 e. The number of amidine groups is 1. The highest BCUT2D eigenvalue weighted by atomic mass is 32.2. The van der Waals surface area contributed by atoms with Crippen LogP contribution in [0.15, 0.2) is 51.6 Å². The largest absolute Gasteiger partial charge is 0.496 e. The first-order valence-corrected chi connectivity index (χ1v) is 10.8. The van der Waals surface area contributed by atoms with Crippen molar-refractivity contribution in [2.45, 2.75) is 19.4 Å². The van der Waals surface area contributed by atoms with Crippen molar-refractivity contribution >= 4 is 28.8 Å². The zero-order valence-electron chi connectivity index (χ0n) is 18.5. The molecule has 8 nitrogen and oxygen atoms in total. The number of fused-ring (bicyclic) bond motifs is 1. The Morgan fingerprint density at radius 1 is 1.26 bits per heavy atom. The van der Waals surface area contributed by atoms with Crippen LogP contribution in [0.5, 0.6) is 5.75 Å². The summed E-state index contributed by atoms with van der Waals surface area (Å²) in [5.41, 5.74) is 2.60. The number of benzene rings is 1. The molecule has 0 fully saturated rings. The Kier molecular flexibility index (Phi) is 7.40. The Morgan fingerprint density at radius 2 is 2.00 bits per heavy atom. The molecule has 0 aromatic heterocycles. The number of carbonyl (C=O) groups excluding carboxylic acids is 2. The number of aliphatic imine (C=N–C) groups is 1. The van der Waals surface area contributed by atoms with Gasteiger partial charge < -0.3 is 24.6 Å². The molecule has 31 heavy (non-hydrogen) atoms. The smallest absolute Gasteiger partial charge is 0.338 e. The number of allylic oxidation sites excluding steroid dienone is 1. The number of nitrogens with zero attached hydrogens (tertiary/aromatic N) is 3. The first-order valence-electron chi connectivity index (χ1n) is 9.94. The summed E-state index contributed by atoms with van der Waals surface area (Å²) in [5, 5.41) is 5.58. The molecule has 0 aliphatic carbocycles. The average molecular weight is 445 g/mol. The lowest BCUT2D eigenvalue weighted by atomic mass is 9.93. The van der Waals surface area contributed by atoms with Crippen LogP contribution in [0.1, 0.15) is 24.9 Å². The summed E-state index contributed by atoms with van der Waals surface area (Å²) in [5.74, 6) is 0.108.